The third kappa shape index (κ3) is 2.18. The Morgan fingerprint density at radius 2 is 2.29 bits per heavy atom. The van der Waals surface area contributed by atoms with Gasteiger partial charge in [0.25, 0.3) is 0 Å². The zero-order chi connectivity index (χ0) is 12.4. The van der Waals surface area contributed by atoms with Crippen molar-refractivity contribution >= 4 is 11.6 Å². The Morgan fingerprint density at radius 1 is 1.53 bits per heavy atom. The summed E-state index contributed by atoms with van der Waals surface area (Å²) in [5.74, 6) is 0.332. The summed E-state index contributed by atoms with van der Waals surface area (Å²) < 4.78 is 0. The minimum absolute atomic E-state index is 0.0475. The highest BCUT2D eigenvalue weighted by molar-refractivity contribution is 5.97. The molecule has 0 saturated carbocycles. The van der Waals surface area contributed by atoms with Crippen LogP contribution in [-0.4, -0.2) is 24.1 Å². The van der Waals surface area contributed by atoms with E-state index in [9.17, 15) is 9.90 Å². The van der Waals surface area contributed by atoms with Crippen LogP contribution < -0.4 is 10.6 Å². The first-order chi connectivity index (χ1) is 8.17. The smallest absolute Gasteiger partial charge is 0.227 e. The van der Waals surface area contributed by atoms with Gasteiger partial charge in [-0.15, -0.1) is 0 Å². The van der Waals surface area contributed by atoms with Crippen molar-refractivity contribution in [2.24, 2.45) is 11.7 Å². The number of anilines is 1. The van der Waals surface area contributed by atoms with Crippen LogP contribution >= 0.6 is 0 Å². The number of benzene rings is 1. The fourth-order valence-corrected chi connectivity index (χ4v) is 2.39. The Labute approximate surface area is 101 Å². The molecule has 2 rings (SSSR count). The van der Waals surface area contributed by atoms with Gasteiger partial charge < -0.3 is 15.7 Å². The quantitative estimate of drug-likeness (QED) is 0.813. The van der Waals surface area contributed by atoms with Crippen LogP contribution in [0.1, 0.15) is 17.5 Å². The molecule has 4 heteroatoms. The second kappa shape index (κ2) is 4.85. The van der Waals surface area contributed by atoms with Crippen LogP contribution in [0.25, 0.3) is 0 Å². The van der Waals surface area contributed by atoms with E-state index in [0.29, 0.717) is 19.5 Å². The molecule has 3 N–H and O–H groups in total. The lowest BCUT2D eigenvalue weighted by Gasteiger charge is -2.22. The summed E-state index contributed by atoms with van der Waals surface area (Å²) in [4.78, 5) is 13.7. The molecule has 1 aliphatic heterocycles. The van der Waals surface area contributed by atoms with Crippen LogP contribution in [0.5, 0.6) is 0 Å². The molecular weight excluding hydrogens is 216 g/mol. The molecule has 0 bridgehead atoms. The van der Waals surface area contributed by atoms with E-state index >= 15 is 0 Å². The lowest BCUT2D eigenvalue weighted by atomic mass is 10.1. The SMILES string of the molecule is Cc1cccc(CO)c1N1CC(CN)CC1=O. The van der Waals surface area contributed by atoms with Gasteiger partial charge in [0.1, 0.15) is 0 Å². The number of aliphatic hydroxyl groups is 1. The zero-order valence-corrected chi connectivity index (χ0v) is 10.0. The molecule has 1 aliphatic rings. The third-order valence-electron chi connectivity index (χ3n) is 3.30. The molecule has 1 saturated heterocycles. The number of hydrogen-bond acceptors (Lipinski definition) is 3. The van der Waals surface area contributed by atoms with E-state index in [2.05, 4.69) is 0 Å². The van der Waals surface area contributed by atoms with Crippen molar-refractivity contribution in [1.29, 1.82) is 0 Å². The van der Waals surface area contributed by atoms with E-state index < -0.39 is 0 Å². The molecule has 0 aliphatic carbocycles. The van der Waals surface area contributed by atoms with Gasteiger partial charge in [-0.1, -0.05) is 18.2 Å². The van der Waals surface area contributed by atoms with Gasteiger partial charge in [-0.05, 0) is 24.9 Å². The van der Waals surface area contributed by atoms with Crippen LogP contribution in [0.4, 0.5) is 5.69 Å². The number of carbonyl (C=O) groups excluding carboxylic acids is 1. The Balaban J connectivity index is 2.37. The van der Waals surface area contributed by atoms with Crippen LogP contribution in [0.3, 0.4) is 0 Å². The first kappa shape index (κ1) is 12.1. The number of carbonyl (C=O) groups is 1. The number of nitrogens with zero attached hydrogens (tertiary/aromatic N) is 1. The molecule has 4 nitrogen and oxygen atoms in total. The van der Waals surface area contributed by atoms with Crippen LogP contribution in [0.15, 0.2) is 18.2 Å². The summed E-state index contributed by atoms with van der Waals surface area (Å²) in [5.41, 5.74) is 8.29. The molecule has 1 atom stereocenters. The number of hydrogen-bond donors (Lipinski definition) is 2. The predicted octanol–water partition coefficient (Wildman–Crippen LogP) is 0.799. The van der Waals surface area contributed by atoms with Crippen molar-refractivity contribution < 1.29 is 9.90 Å². The molecular formula is C13H18N2O2. The summed E-state index contributed by atoms with van der Waals surface area (Å²) in [6, 6.07) is 5.70. The number of amides is 1. The van der Waals surface area contributed by atoms with E-state index in [-0.39, 0.29) is 18.4 Å². The van der Waals surface area contributed by atoms with Crippen molar-refractivity contribution in [3.63, 3.8) is 0 Å². The van der Waals surface area contributed by atoms with Crippen molar-refractivity contribution in [3.8, 4) is 0 Å². The fraction of sp³-hybridized carbons (Fsp3) is 0.462. The largest absolute Gasteiger partial charge is 0.392 e. The predicted molar refractivity (Wildman–Crippen MR) is 66.6 cm³/mol. The van der Waals surface area contributed by atoms with Gasteiger partial charge in [-0.2, -0.15) is 0 Å². The molecule has 0 radical (unpaired) electrons. The second-order valence-corrected chi connectivity index (χ2v) is 4.55. The Kier molecular flexibility index (Phi) is 3.45. The van der Waals surface area contributed by atoms with E-state index in [0.717, 1.165) is 16.8 Å². The normalized spacial score (nSPS) is 20.1. The lowest BCUT2D eigenvalue weighted by Crippen LogP contribution is -2.27. The standard InChI is InChI=1S/C13H18N2O2/c1-9-3-2-4-11(8-16)13(9)15-7-10(6-14)5-12(15)17/h2-4,10,16H,5-8,14H2,1H3. The highest BCUT2D eigenvalue weighted by Gasteiger charge is 2.31. The van der Waals surface area contributed by atoms with Crippen LogP contribution in [0.2, 0.25) is 0 Å². The molecule has 1 unspecified atom stereocenters. The summed E-state index contributed by atoms with van der Waals surface area (Å²) in [6.07, 6.45) is 0.510. The van der Waals surface area contributed by atoms with Gasteiger partial charge in [0.05, 0.1) is 12.3 Å². The Hall–Kier alpha value is -1.39. The maximum absolute atomic E-state index is 12.0. The second-order valence-electron chi connectivity index (χ2n) is 4.55. The van der Waals surface area contributed by atoms with Gasteiger partial charge in [0, 0.05) is 18.5 Å². The molecule has 1 aromatic carbocycles. The summed E-state index contributed by atoms with van der Waals surface area (Å²) in [5, 5.41) is 9.35. The summed E-state index contributed by atoms with van der Waals surface area (Å²) in [6.45, 7) is 3.10. The van der Waals surface area contributed by atoms with Crippen LogP contribution in [0, 0.1) is 12.8 Å². The number of para-hydroxylation sites is 1. The average Bonchev–Trinajstić information content (AvgIpc) is 2.70. The number of rotatable bonds is 3. The van der Waals surface area contributed by atoms with Gasteiger partial charge >= 0.3 is 0 Å². The molecule has 0 aromatic heterocycles. The third-order valence-corrected chi connectivity index (χ3v) is 3.30. The minimum Gasteiger partial charge on any atom is -0.392 e. The van der Waals surface area contributed by atoms with Gasteiger partial charge in [-0.25, -0.2) is 0 Å². The van der Waals surface area contributed by atoms with Crippen LogP contribution in [-0.2, 0) is 11.4 Å². The molecule has 1 amide bonds. The van der Waals surface area contributed by atoms with Crippen molar-refractivity contribution in [3.05, 3.63) is 29.3 Å². The number of aryl methyl sites for hydroxylation is 1. The number of aliphatic hydroxyl groups excluding tert-OH is 1. The lowest BCUT2D eigenvalue weighted by molar-refractivity contribution is -0.117. The molecule has 92 valence electrons. The Morgan fingerprint density at radius 3 is 2.88 bits per heavy atom. The average molecular weight is 234 g/mol. The maximum Gasteiger partial charge on any atom is 0.227 e. The highest BCUT2D eigenvalue weighted by Crippen LogP contribution is 2.30. The summed E-state index contributed by atoms with van der Waals surface area (Å²) >= 11 is 0. The molecule has 1 fully saturated rings. The molecule has 1 heterocycles. The van der Waals surface area contributed by atoms with Crippen molar-refractivity contribution in [2.45, 2.75) is 20.0 Å². The topological polar surface area (TPSA) is 66.6 Å². The van der Waals surface area contributed by atoms with Gasteiger partial charge in [0.2, 0.25) is 5.91 Å². The maximum atomic E-state index is 12.0. The monoisotopic (exact) mass is 234 g/mol. The van der Waals surface area contributed by atoms with Crippen molar-refractivity contribution in [2.75, 3.05) is 18.0 Å². The van der Waals surface area contributed by atoms with E-state index in [1.165, 1.54) is 0 Å². The van der Waals surface area contributed by atoms with Gasteiger partial charge in [-0.3, -0.25) is 4.79 Å². The first-order valence-electron chi connectivity index (χ1n) is 5.87. The van der Waals surface area contributed by atoms with Crippen molar-refractivity contribution in [1.82, 2.24) is 0 Å². The number of nitrogens with two attached hydrogens (primary N) is 1. The minimum atomic E-state index is -0.0475. The fourth-order valence-electron chi connectivity index (χ4n) is 2.39. The molecule has 17 heavy (non-hydrogen) atoms. The van der Waals surface area contributed by atoms with E-state index in [1.54, 1.807) is 4.90 Å². The summed E-state index contributed by atoms with van der Waals surface area (Å²) in [7, 11) is 0. The van der Waals surface area contributed by atoms with E-state index in [1.807, 2.05) is 25.1 Å². The van der Waals surface area contributed by atoms with E-state index in [4.69, 9.17) is 5.73 Å². The molecule has 0 spiro atoms. The van der Waals surface area contributed by atoms with Gasteiger partial charge in [0.15, 0.2) is 0 Å². The molecule has 1 aromatic rings. The zero-order valence-electron chi connectivity index (χ0n) is 10.0. The highest BCUT2D eigenvalue weighted by atomic mass is 16.3. The Bertz CT molecular complexity index is 431. The first-order valence-corrected chi connectivity index (χ1v) is 5.87.